The minimum absolute atomic E-state index is 0.00223. The highest BCUT2D eigenvalue weighted by molar-refractivity contribution is 7.12. The van der Waals surface area contributed by atoms with Gasteiger partial charge in [-0.05, 0) is 35.7 Å². The number of non-ortho nitro benzene ring substituents is 1. The number of anilines is 2. The van der Waals surface area contributed by atoms with Gasteiger partial charge in [-0.3, -0.25) is 19.7 Å². The number of nitrogens with zero attached hydrogens (tertiary/aromatic N) is 3. The summed E-state index contributed by atoms with van der Waals surface area (Å²) in [4.78, 5) is 40.2. The molecule has 0 bridgehead atoms. The molecule has 0 atom stereocenters. The van der Waals surface area contributed by atoms with Gasteiger partial charge in [0.25, 0.3) is 17.5 Å². The molecule has 1 aliphatic heterocycles. The second kappa shape index (κ2) is 9.78. The van der Waals surface area contributed by atoms with E-state index in [1.54, 1.807) is 18.2 Å². The molecule has 33 heavy (non-hydrogen) atoms. The van der Waals surface area contributed by atoms with Crippen LogP contribution < -0.4 is 10.2 Å². The van der Waals surface area contributed by atoms with Gasteiger partial charge in [0.05, 0.1) is 31.1 Å². The number of rotatable bonds is 5. The Morgan fingerprint density at radius 3 is 2.39 bits per heavy atom. The van der Waals surface area contributed by atoms with E-state index in [2.05, 4.69) is 10.2 Å². The van der Waals surface area contributed by atoms with Crippen molar-refractivity contribution in [2.45, 2.75) is 0 Å². The van der Waals surface area contributed by atoms with Gasteiger partial charge in [0.15, 0.2) is 0 Å². The molecule has 170 valence electrons. The lowest BCUT2D eigenvalue weighted by atomic mass is 10.1. The van der Waals surface area contributed by atoms with Gasteiger partial charge < -0.3 is 15.1 Å². The number of piperazine rings is 1. The first kappa shape index (κ1) is 23.0. The van der Waals surface area contributed by atoms with Gasteiger partial charge in [0.2, 0.25) is 0 Å². The van der Waals surface area contributed by atoms with Crippen molar-refractivity contribution in [1.29, 1.82) is 0 Å². The van der Waals surface area contributed by atoms with Crippen LogP contribution in [-0.2, 0) is 0 Å². The summed E-state index contributed by atoms with van der Waals surface area (Å²) in [5.41, 5.74) is 1.00. The van der Waals surface area contributed by atoms with Gasteiger partial charge in [-0.15, -0.1) is 11.3 Å². The number of nitro groups is 1. The van der Waals surface area contributed by atoms with Crippen molar-refractivity contribution >= 4 is 63.4 Å². The van der Waals surface area contributed by atoms with Gasteiger partial charge in [0, 0.05) is 44.0 Å². The van der Waals surface area contributed by atoms with E-state index in [1.807, 2.05) is 22.4 Å². The van der Waals surface area contributed by atoms with Crippen molar-refractivity contribution in [1.82, 2.24) is 4.90 Å². The van der Waals surface area contributed by atoms with Crippen molar-refractivity contribution < 1.29 is 14.5 Å². The van der Waals surface area contributed by atoms with Crippen LogP contribution in [0.15, 0.2) is 53.9 Å². The number of thiophene rings is 1. The highest BCUT2D eigenvalue weighted by Crippen LogP contribution is 2.31. The molecule has 4 rings (SSSR count). The first-order valence-corrected chi connectivity index (χ1v) is 11.6. The maximum atomic E-state index is 12.6. The number of nitro benzene ring substituents is 1. The summed E-state index contributed by atoms with van der Waals surface area (Å²) in [7, 11) is 0. The molecule has 0 radical (unpaired) electrons. The molecule has 1 aromatic heterocycles. The number of benzene rings is 2. The number of carbonyl (C=O) groups excluding carboxylic acids is 2. The second-order valence-corrected chi connectivity index (χ2v) is 9.06. The third-order valence-electron chi connectivity index (χ3n) is 5.25. The fourth-order valence-corrected chi connectivity index (χ4v) is 4.74. The molecule has 2 amide bonds. The monoisotopic (exact) mass is 504 g/mol. The van der Waals surface area contributed by atoms with Gasteiger partial charge in [-0.2, -0.15) is 0 Å². The Bertz CT molecular complexity index is 1210. The summed E-state index contributed by atoms with van der Waals surface area (Å²) in [5.74, 6) is -0.540. The molecule has 0 unspecified atom stereocenters. The molecular weight excluding hydrogens is 487 g/mol. The topological polar surface area (TPSA) is 95.8 Å². The minimum Gasteiger partial charge on any atom is -0.367 e. The Labute approximate surface area is 203 Å². The van der Waals surface area contributed by atoms with Gasteiger partial charge in [-0.25, -0.2) is 0 Å². The van der Waals surface area contributed by atoms with Crippen LogP contribution in [0.1, 0.15) is 20.0 Å². The van der Waals surface area contributed by atoms with Crippen LogP contribution in [0.5, 0.6) is 0 Å². The van der Waals surface area contributed by atoms with Crippen LogP contribution in [0.4, 0.5) is 17.1 Å². The van der Waals surface area contributed by atoms with E-state index in [9.17, 15) is 19.7 Å². The Kier molecular flexibility index (Phi) is 6.83. The minimum atomic E-state index is -0.591. The molecule has 0 aliphatic carbocycles. The lowest BCUT2D eigenvalue weighted by Gasteiger charge is -2.36. The predicted octanol–water partition coefficient (Wildman–Crippen LogP) is 5.18. The fourth-order valence-electron chi connectivity index (χ4n) is 3.55. The molecule has 2 heterocycles. The van der Waals surface area contributed by atoms with Crippen LogP contribution in [0, 0.1) is 10.1 Å². The average molecular weight is 505 g/mol. The number of hydrogen-bond acceptors (Lipinski definition) is 6. The number of hydrogen-bond donors (Lipinski definition) is 1. The van der Waals surface area contributed by atoms with Crippen molar-refractivity contribution in [3.63, 3.8) is 0 Å². The maximum absolute atomic E-state index is 12.6. The fraction of sp³-hybridized carbons (Fsp3) is 0.182. The molecular formula is C22H18Cl2N4O4S. The first-order valence-electron chi connectivity index (χ1n) is 9.96. The van der Waals surface area contributed by atoms with Gasteiger partial charge in [0.1, 0.15) is 0 Å². The highest BCUT2D eigenvalue weighted by atomic mass is 35.5. The van der Waals surface area contributed by atoms with E-state index in [0.29, 0.717) is 36.9 Å². The highest BCUT2D eigenvalue weighted by Gasteiger charge is 2.24. The molecule has 8 nitrogen and oxygen atoms in total. The van der Waals surface area contributed by atoms with E-state index < -0.39 is 10.8 Å². The molecule has 11 heteroatoms. The Morgan fingerprint density at radius 2 is 1.76 bits per heavy atom. The van der Waals surface area contributed by atoms with Gasteiger partial charge in [-0.1, -0.05) is 29.3 Å². The lowest BCUT2D eigenvalue weighted by Crippen LogP contribution is -2.48. The summed E-state index contributed by atoms with van der Waals surface area (Å²) in [6, 6.07) is 12.5. The third kappa shape index (κ3) is 5.11. The van der Waals surface area contributed by atoms with E-state index in [-0.39, 0.29) is 22.2 Å². The summed E-state index contributed by atoms with van der Waals surface area (Å²) in [5, 5.41) is 16.1. The SMILES string of the molecule is O=C(Nc1ccc(N2CCN(C(=O)c3cccs3)CC2)c(Cl)c1)c1cc([N+](=O)[O-])ccc1Cl. The Morgan fingerprint density at radius 1 is 1.00 bits per heavy atom. The quantitative estimate of drug-likeness (QED) is 0.381. The van der Waals surface area contributed by atoms with E-state index in [0.717, 1.165) is 16.6 Å². The summed E-state index contributed by atoms with van der Waals surface area (Å²) >= 11 is 14.0. The third-order valence-corrected chi connectivity index (χ3v) is 6.74. The lowest BCUT2D eigenvalue weighted by molar-refractivity contribution is -0.384. The molecule has 3 aromatic rings. The Balaban J connectivity index is 1.42. The second-order valence-electron chi connectivity index (χ2n) is 7.30. The number of halogens is 2. The maximum Gasteiger partial charge on any atom is 0.270 e. The van der Waals surface area contributed by atoms with Crippen molar-refractivity contribution in [2.24, 2.45) is 0 Å². The zero-order chi connectivity index (χ0) is 23.5. The van der Waals surface area contributed by atoms with E-state index >= 15 is 0 Å². The number of amides is 2. The zero-order valence-corrected chi connectivity index (χ0v) is 19.5. The molecule has 0 spiro atoms. The Hall–Kier alpha value is -3.14. The predicted molar refractivity (Wildman–Crippen MR) is 130 cm³/mol. The first-order chi connectivity index (χ1) is 15.8. The zero-order valence-electron chi connectivity index (χ0n) is 17.2. The molecule has 2 aromatic carbocycles. The summed E-state index contributed by atoms with van der Waals surface area (Å²) in [6.07, 6.45) is 0. The number of carbonyl (C=O) groups is 2. The molecule has 1 fully saturated rings. The molecule has 1 aliphatic rings. The molecule has 0 saturated carbocycles. The van der Waals surface area contributed by atoms with Crippen molar-refractivity contribution in [3.05, 3.63) is 84.5 Å². The van der Waals surface area contributed by atoms with Crippen LogP contribution in [-0.4, -0.2) is 47.8 Å². The molecule has 1 N–H and O–H groups in total. The van der Waals surface area contributed by atoms with Crippen LogP contribution in [0.3, 0.4) is 0 Å². The smallest absolute Gasteiger partial charge is 0.270 e. The van der Waals surface area contributed by atoms with Crippen molar-refractivity contribution in [3.8, 4) is 0 Å². The normalized spacial score (nSPS) is 13.6. The van der Waals surface area contributed by atoms with Crippen LogP contribution >= 0.6 is 34.5 Å². The summed E-state index contributed by atoms with van der Waals surface area (Å²) in [6.45, 7) is 2.42. The van der Waals surface area contributed by atoms with Crippen molar-refractivity contribution in [2.75, 3.05) is 36.4 Å². The summed E-state index contributed by atoms with van der Waals surface area (Å²) < 4.78 is 0. The number of nitrogens with one attached hydrogen (secondary N) is 1. The van der Waals surface area contributed by atoms with E-state index in [1.165, 1.54) is 23.5 Å². The van der Waals surface area contributed by atoms with Crippen LogP contribution in [0.25, 0.3) is 0 Å². The van der Waals surface area contributed by atoms with E-state index in [4.69, 9.17) is 23.2 Å². The average Bonchev–Trinajstić information content (AvgIpc) is 3.34. The van der Waals surface area contributed by atoms with Gasteiger partial charge >= 0.3 is 0 Å². The largest absolute Gasteiger partial charge is 0.367 e. The molecule has 1 saturated heterocycles. The van der Waals surface area contributed by atoms with Crippen LogP contribution in [0.2, 0.25) is 10.0 Å². The standard InChI is InChI=1S/C22H18Cl2N4O4S/c23-17-5-4-15(28(31)32)13-16(17)21(29)25-14-3-6-19(18(24)12-14)26-7-9-27(10-8-26)22(30)20-2-1-11-33-20/h1-6,11-13H,7-10H2,(H,25,29).